The predicted molar refractivity (Wildman–Crippen MR) is 98.2 cm³/mol. The van der Waals surface area contributed by atoms with E-state index in [0.29, 0.717) is 16.5 Å². The SMILES string of the molecule is COc1nnc(NC(=O)c2ccnc(C#N)c2-c2cc(Cl)ncc2OC)s1. The molecular weight excluding hydrogens is 392 g/mol. The van der Waals surface area contributed by atoms with E-state index in [1.165, 1.54) is 38.7 Å². The molecule has 0 unspecified atom stereocenters. The van der Waals surface area contributed by atoms with Crippen LogP contribution in [0.15, 0.2) is 24.5 Å². The number of anilines is 1. The fraction of sp³-hybridized carbons (Fsp3) is 0.125. The van der Waals surface area contributed by atoms with Gasteiger partial charge in [-0.05, 0) is 23.5 Å². The highest BCUT2D eigenvalue weighted by molar-refractivity contribution is 7.17. The first-order chi connectivity index (χ1) is 13.1. The van der Waals surface area contributed by atoms with E-state index in [-0.39, 0.29) is 27.1 Å². The van der Waals surface area contributed by atoms with Crippen LogP contribution in [0.3, 0.4) is 0 Å². The van der Waals surface area contributed by atoms with Gasteiger partial charge in [0.15, 0.2) is 0 Å². The number of rotatable bonds is 5. The van der Waals surface area contributed by atoms with Gasteiger partial charge in [-0.25, -0.2) is 9.97 Å². The number of pyridine rings is 2. The highest BCUT2D eigenvalue weighted by Gasteiger charge is 2.22. The van der Waals surface area contributed by atoms with Gasteiger partial charge in [0.05, 0.1) is 26.0 Å². The molecule has 0 aliphatic rings. The minimum absolute atomic E-state index is 0.0399. The lowest BCUT2D eigenvalue weighted by atomic mass is 9.98. The van der Waals surface area contributed by atoms with E-state index in [2.05, 4.69) is 25.5 Å². The second-order valence-electron chi connectivity index (χ2n) is 4.93. The molecule has 11 heteroatoms. The van der Waals surface area contributed by atoms with E-state index in [4.69, 9.17) is 21.1 Å². The summed E-state index contributed by atoms with van der Waals surface area (Å²) in [6.07, 6.45) is 2.77. The normalized spacial score (nSPS) is 10.1. The summed E-state index contributed by atoms with van der Waals surface area (Å²) >= 11 is 7.06. The molecule has 9 nitrogen and oxygen atoms in total. The van der Waals surface area contributed by atoms with Crippen molar-refractivity contribution in [3.8, 4) is 28.1 Å². The molecular formula is C16H11ClN6O3S. The Labute approximate surface area is 162 Å². The monoisotopic (exact) mass is 402 g/mol. The number of halogens is 1. The zero-order chi connectivity index (χ0) is 19.4. The Morgan fingerprint density at radius 2 is 2.11 bits per heavy atom. The second-order valence-corrected chi connectivity index (χ2v) is 6.26. The quantitative estimate of drug-likeness (QED) is 0.646. The number of aromatic nitrogens is 4. The van der Waals surface area contributed by atoms with Gasteiger partial charge in [0.25, 0.3) is 11.1 Å². The van der Waals surface area contributed by atoms with Gasteiger partial charge < -0.3 is 9.47 Å². The molecule has 0 aromatic carbocycles. The van der Waals surface area contributed by atoms with Crippen molar-refractivity contribution in [1.82, 2.24) is 20.2 Å². The van der Waals surface area contributed by atoms with Gasteiger partial charge in [0.1, 0.15) is 22.7 Å². The first-order valence-corrected chi connectivity index (χ1v) is 8.54. The third-order valence-electron chi connectivity index (χ3n) is 3.43. The van der Waals surface area contributed by atoms with Crippen molar-refractivity contribution in [2.45, 2.75) is 0 Å². The fourth-order valence-electron chi connectivity index (χ4n) is 2.29. The van der Waals surface area contributed by atoms with Gasteiger partial charge >= 0.3 is 0 Å². The highest BCUT2D eigenvalue weighted by atomic mass is 35.5. The molecule has 0 radical (unpaired) electrons. The van der Waals surface area contributed by atoms with E-state index in [1.54, 1.807) is 0 Å². The number of methoxy groups -OCH3 is 2. The summed E-state index contributed by atoms with van der Waals surface area (Å²) < 4.78 is 10.3. The molecule has 0 aliphatic heterocycles. The maximum Gasteiger partial charge on any atom is 0.295 e. The van der Waals surface area contributed by atoms with E-state index in [9.17, 15) is 10.1 Å². The number of carbonyl (C=O) groups excluding carboxylic acids is 1. The number of hydrogen-bond acceptors (Lipinski definition) is 9. The zero-order valence-electron chi connectivity index (χ0n) is 14.1. The Bertz CT molecular complexity index is 1050. The number of amides is 1. The standard InChI is InChI=1S/C16H11ClN6O3S/c1-25-11-7-20-12(17)5-9(11)13-8(3-4-19-10(13)6-18)14(24)21-15-22-23-16(26-2)27-15/h3-5,7H,1-2H3,(H,21,22,24). The van der Waals surface area contributed by atoms with Crippen molar-refractivity contribution in [3.05, 3.63) is 40.9 Å². The summed E-state index contributed by atoms with van der Waals surface area (Å²) in [5.41, 5.74) is 0.923. The van der Waals surface area contributed by atoms with Crippen LogP contribution >= 0.6 is 22.9 Å². The first kappa shape index (κ1) is 18.5. The van der Waals surface area contributed by atoms with Crippen LogP contribution in [0.5, 0.6) is 10.9 Å². The third kappa shape index (κ3) is 3.79. The van der Waals surface area contributed by atoms with Gasteiger partial charge in [-0.2, -0.15) is 5.26 Å². The number of nitrogens with zero attached hydrogens (tertiary/aromatic N) is 5. The molecule has 0 bridgehead atoms. The summed E-state index contributed by atoms with van der Waals surface area (Å²) in [5.74, 6) is -0.159. The van der Waals surface area contributed by atoms with Gasteiger partial charge in [-0.3, -0.25) is 10.1 Å². The Kier molecular flexibility index (Phi) is 5.44. The van der Waals surface area contributed by atoms with Crippen LogP contribution in [0, 0.1) is 11.3 Å². The van der Waals surface area contributed by atoms with Crippen LogP contribution in [0.25, 0.3) is 11.1 Å². The van der Waals surface area contributed by atoms with Crippen LogP contribution in [-0.4, -0.2) is 40.3 Å². The van der Waals surface area contributed by atoms with Crippen LogP contribution in [0.2, 0.25) is 5.15 Å². The average Bonchev–Trinajstić information content (AvgIpc) is 3.14. The number of carbonyl (C=O) groups is 1. The van der Waals surface area contributed by atoms with Gasteiger partial charge in [0, 0.05) is 17.3 Å². The Hall–Kier alpha value is -3.29. The number of nitriles is 1. The molecule has 136 valence electrons. The van der Waals surface area contributed by atoms with Crippen molar-refractivity contribution in [1.29, 1.82) is 5.26 Å². The number of hydrogen-bond donors (Lipinski definition) is 1. The molecule has 0 fully saturated rings. The highest BCUT2D eigenvalue weighted by Crippen LogP contribution is 2.35. The Balaban J connectivity index is 2.11. The van der Waals surface area contributed by atoms with E-state index < -0.39 is 5.91 Å². The molecule has 27 heavy (non-hydrogen) atoms. The maximum atomic E-state index is 12.8. The smallest absolute Gasteiger partial charge is 0.295 e. The lowest BCUT2D eigenvalue weighted by Gasteiger charge is -2.13. The first-order valence-electron chi connectivity index (χ1n) is 7.35. The summed E-state index contributed by atoms with van der Waals surface area (Å²) in [6.45, 7) is 0. The lowest BCUT2D eigenvalue weighted by Crippen LogP contribution is -2.14. The Morgan fingerprint density at radius 1 is 1.30 bits per heavy atom. The van der Waals surface area contributed by atoms with Crippen LogP contribution in [0.4, 0.5) is 5.13 Å². The van der Waals surface area contributed by atoms with E-state index in [0.717, 1.165) is 11.3 Å². The van der Waals surface area contributed by atoms with Crippen molar-refractivity contribution in [3.63, 3.8) is 0 Å². The summed E-state index contributed by atoms with van der Waals surface area (Å²) in [7, 11) is 2.90. The van der Waals surface area contributed by atoms with Crippen molar-refractivity contribution >= 4 is 34.0 Å². The molecule has 3 rings (SSSR count). The van der Waals surface area contributed by atoms with Crippen molar-refractivity contribution in [2.24, 2.45) is 0 Å². The molecule has 0 saturated heterocycles. The molecule has 0 aliphatic carbocycles. The lowest BCUT2D eigenvalue weighted by molar-refractivity contribution is 0.102. The Morgan fingerprint density at radius 3 is 2.78 bits per heavy atom. The topological polar surface area (TPSA) is 123 Å². The largest absolute Gasteiger partial charge is 0.494 e. The molecule has 1 amide bonds. The molecule has 0 spiro atoms. The van der Waals surface area contributed by atoms with Crippen LogP contribution in [0.1, 0.15) is 16.1 Å². The van der Waals surface area contributed by atoms with E-state index in [1.807, 2.05) is 6.07 Å². The van der Waals surface area contributed by atoms with Gasteiger partial charge in [0.2, 0.25) is 5.13 Å². The van der Waals surface area contributed by atoms with Crippen molar-refractivity contribution in [2.75, 3.05) is 19.5 Å². The average molecular weight is 403 g/mol. The molecule has 0 saturated carbocycles. The summed E-state index contributed by atoms with van der Waals surface area (Å²) in [5, 5.41) is 20.4. The van der Waals surface area contributed by atoms with Crippen LogP contribution in [-0.2, 0) is 0 Å². The second kappa shape index (κ2) is 7.94. The molecule has 3 aromatic heterocycles. The van der Waals surface area contributed by atoms with Crippen LogP contribution < -0.4 is 14.8 Å². The minimum atomic E-state index is -0.502. The fourth-order valence-corrected chi connectivity index (χ4v) is 3.00. The summed E-state index contributed by atoms with van der Waals surface area (Å²) in [4.78, 5) is 20.8. The molecule has 1 N–H and O–H groups in total. The van der Waals surface area contributed by atoms with Gasteiger partial charge in [-0.1, -0.05) is 16.7 Å². The maximum absolute atomic E-state index is 12.8. The summed E-state index contributed by atoms with van der Waals surface area (Å²) in [6, 6.07) is 4.97. The number of ether oxygens (including phenoxy) is 2. The molecule has 0 atom stereocenters. The molecule has 3 aromatic rings. The number of nitrogens with one attached hydrogen (secondary N) is 1. The zero-order valence-corrected chi connectivity index (χ0v) is 15.6. The predicted octanol–water partition coefficient (Wildman–Crippen LogP) is 2.79. The van der Waals surface area contributed by atoms with Crippen molar-refractivity contribution < 1.29 is 14.3 Å². The van der Waals surface area contributed by atoms with E-state index >= 15 is 0 Å². The van der Waals surface area contributed by atoms with Gasteiger partial charge in [-0.15, -0.1) is 5.10 Å². The third-order valence-corrected chi connectivity index (χ3v) is 4.43. The molecule has 3 heterocycles. The minimum Gasteiger partial charge on any atom is -0.494 e.